The number of carbonyl (C=O) groups is 2. The number of fused-ring (bicyclic) bond motifs is 6. The van der Waals surface area contributed by atoms with Crippen molar-refractivity contribution in [3.05, 3.63) is 74.4 Å². The monoisotopic (exact) mass is 963 g/mol. The van der Waals surface area contributed by atoms with Gasteiger partial charge in [0.05, 0.1) is 35.2 Å². The maximum Gasteiger partial charge on any atom is 0.294 e. The highest BCUT2D eigenvalue weighted by molar-refractivity contribution is 6.29. The number of rotatable bonds is 5. The van der Waals surface area contributed by atoms with Crippen LogP contribution in [0.3, 0.4) is 0 Å². The van der Waals surface area contributed by atoms with Crippen LogP contribution in [0.5, 0.6) is 0 Å². The molecule has 2 aliphatic carbocycles. The molecule has 2 aromatic carbocycles. The van der Waals surface area contributed by atoms with Gasteiger partial charge in [0.25, 0.3) is 11.1 Å². The first-order valence-corrected chi connectivity index (χ1v) is 27.4. The van der Waals surface area contributed by atoms with Crippen LogP contribution in [0.15, 0.2) is 58.1 Å². The van der Waals surface area contributed by atoms with Crippen LogP contribution >= 0.6 is 11.6 Å². The summed E-state index contributed by atoms with van der Waals surface area (Å²) < 4.78 is 4.01. The molecule has 2 saturated carbocycles. The molecule has 14 nitrogen and oxygen atoms in total. The lowest BCUT2D eigenvalue weighted by Gasteiger charge is -2.45. The van der Waals surface area contributed by atoms with Gasteiger partial charge in [0.2, 0.25) is 11.8 Å². The van der Waals surface area contributed by atoms with Gasteiger partial charge in [-0.1, -0.05) is 100 Å². The van der Waals surface area contributed by atoms with Gasteiger partial charge in [-0.05, 0) is 101 Å². The summed E-state index contributed by atoms with van der Waals surface area (Å²) in [5, 5.41) is 8.57. The van der Waals surface area contributed by atoms with Gasteiger partial charge in [0.15, 0.2) is 11.0 Å². The number of anilines is 1. The Morgan fingerprint density at radius 1 is 0.478 bits per heavy atom. The Hall–Kier alpha value is -4.37. The maximum absolute atomic E-state index is 13.9. The third kappa shape index (κ3) is 10.8. The first-order valence-electron chi connectivity index (χ1n) is 27.0. The predicted molar refractivity (Wildman–Crippen MR) is 274 cm³/mol. The fourth-order valence-electron chi connectivity index (χ4n) is 14.0. The second kappa shape index (κ2) is 22.4. The Balaban J connectivity index is 0.000000142. The summed E-state index contributed by atoms with van der Waals surface area (Å²) in [5.74, 6) is 0.493. The number of nitrogens with zero attached hydrogens (tertiary/aromatic N) is 7. The number of aromatic nitrogens is 4. The van der Waals surface area contributed by atoms with Crippen molar-refractivity contribution in [1.29, 1.82) is 0 Å². The van der Waals surface area contributed by atoms with E-state index in [1.54, 1.807) is 0 Å². The van der Waals surface area contributed by atoms with E-state index in [0.29, 0.717) is 49.6 Å². The zero-order valence-electron chi connectivity index (χ0n) is 40.7. The maximum atomic E-state index is 13.9. The predicted octanol–water partition coefficient (Wildman–Crippen LogP) is 7.65. The molecule has 2 aromatic heterocycles. The minimum atomic E-state index is -0.121. The molecular formula is C54H75ClN10O4. The van der Waals surface area contributed by atoms with Crippen LogP contribution < -0.4 is 32.0 Å². The molecule has 12 rings (SSSR count). The quantitative estimate of drug-likeness (QED) is 0.182. The van der Waals surface area contributed by atoms with E-state index in [1.807, 2.05) is 62.6 Å². The van der Waals surface area contributed by atoms with Gasteiger partial charge in [-0.15, -0.1) is 0 Å². The zero-order chi connectivity index (χ0) is 47.3. The molecule has 6 saturated heterocycles. The molecule has 6 atom stereocenters. The van der Waals surface area contributed by atoms with Gasteiger partial charge in [-0.25, -0.2) is 9.97 Å². The number of benzene rings is 2. The highest BCUT2D eigenvalue weighted by Gasteiger charge is 2.46. The Bertz CT molecular complexity index is 2500. The van der Waals surface area contributed by atoms with E-state index >= 15 is 0 Å². The molecule has 0 radical (unpaired) electrons. The third-order valence-electron chi connectivity index (χ3n) is 17.0. The highest BCUT2D eigenvalue weighted by atomic mass is 35.5. The van der Waals surface area contributed by atoms with Gasteiger partial charge in [-0.2, -0.15) is 0 Å². The summed E-state index contributed by atoms with van der Waals surface area (Å²) >= 11 is 6.23. The average molecular weight is 964 g/mol. The molecule has 0 spiro atoms. The first-order chi connectivity index (χ1) is 33.8. The third-order valence-corrected chi connectivity index (χ3v) is 17.3. The normalized spacial score (nSPS) is 28.6. The number of amides is 2. The van der Waals surface area contributed by atoms with Crippen LogP contribution in [0.4, 0.5) is 5.82 Å². The van der Waals surface area contributed by atoms with Crippen molar-refractivity contribution < 1.29 is 9.59 Å². The van der Waals surface area contributed by atoms with Crippen LogP contribution in [-0.4, -0.2) is 116 Å². The summed E-state index contributed by atoms with van der Waals surface area (Å²) in [6.07, 6.45) is 28.6. The van der Waals surface area contributed by atoms with Crippen LogP contribution in [0, 0.1) is 0 Å². The number of nitrogens with one attached hydrogen (secondary N) is 3. The number of halogens is 1. The SMILES string of the molecule is O=C1CN(c2nc3ccccc3n(C3C[C@H]4CC[C@@H](C3)N4C3CCCCCCC3)c2=O)CCN1.O=C1CNCCN1.O=c1c(Cl)nc2ccccc2n1C1C[C@H]2CC[C@@H](C1)N2C1CCCCCCC1. The average Bonchev–Trinajstić information content (AvgIpc) is 3.74. The summed E-state index contributed by atoms with van der Waals surface area (Å²) in [5.41, 5.74) is 3.38. The van der Waals surface area contributed by atoms with E-state index in [0.717, 1.165) is 72.9 Å². The minimum absolute atomic E-state index is 0.0304. The summed E-state index contributed by atoms with van der Waals surface area (Å²) in [6, 6.07) is 20.3. The Morgan fingerprint density at radius 3 is 1.41 bits per heavy atom. The van der Waals surface area contributed by atoms with Crippen LogP contribution in [0.1, 0.15) is 153 Å². The van der Waals surface area contributed by atoms with E-state index in [2.05, 4.69) is 30.7 Å². The number of para-hydroxylation sites is 4. The van der Waals surface area contributed by atoms with Crippen LogP contribution in [-0.2, 0) is 9.59 Å². The van der Waals surface area contributed by atoms with Crippen LogP contribution in [0.2, 0.25) is 5.15 Å². The lowest BCUT2D eigenvalue weighted by atomic mass is 9.89. The first kappa shape index (κ1) is 48.3. The van der Waals surface area contributed by atoms with Crippen molar-refractivity contribution in [1.82, 2.24) is 44.9 Å². The molecule has 2 unspecified atom stereocenters. The van der Waals surface area contributed by atoms with Crippen molar-refractivity contribution in [3.8, 4) is 0 Å². The molecule has 8 aliphatic rings. The summed E-state index contributed by atoms with van der Waals surface area (Å²) in [4.78, 5) is 65.9. The van der Waals surface area contributed by atoms with E-state index in [-0.39, 0.29) is 46.7 Å². The van der Waals surface area contributed by atoms with Gasteiger partial charge in [-0.3, -0.25) is 29.0 Å². The second-order valence-electron chi connectivity index (χ2n) is 21.4. The molecule has 6 aliphatic heterocycles. The summed E-state index contributed by atoms with van der Waals surface area (Å²) in [7, 11) is 0. The molecule has 8 heterocycles. The number of carbonyl (C=O) groups excluding carboxylic acids is 2. The van der Waals surface area contributed by atoms with E-state index in [9.17, 15) is 19.2 Å². The van der Waals surface area contributed by atoms with Gasteiger partial charge in [0, 0.05) is 74.5 Å². The van der Waals surface area contributed by atoms with Crippen molar-refractivity contribution in [2.45, 2.75) is 190 Å². The van der Waals surface area contributed by atoms with Gasteiger partial charge >= 0.3 is 0 Å². The molecule has 3 N–H and O–H groups in total. The number of hydrogen-bond acceptors (Lipinski definition) is 10. The topological polar surface area (TPSA) is 150 Å². The van der Waals surface area contributed by atoms with E-state index in [4.69, 9.17) is 16.6 Å². The van der Waals surface area contributed by atoms with Gasteiger partial charge < -0.3 is 30.0 Å². The Labute approximate surface area is 412 Å². The minimum Gasteiger partial charge on any atom is -0.354 e. The Morgan fingerprint density at radius 2 is 0.942 bits per heavy atom. The van der Waals surface area contributed by atoms with Crippen LogP contribution in [0.25, 0.3) is 22.1 Å². The van der Waals surface area contributed by atoms with Crippen molar-refractivity contribution in [3.63, 3.8) is 0 Å². The van der Waals surface area contributed by atoms with E-state index in [1.165, 1.54) is 116 Å². The molecule has 8 fully saturated rings. The molecule has 4 aromatic rings. The van der Waals surface area contributed by atoms with Gasteiger partial charge in [0.1, 0.15) is 0 Å². The molecule has 2 amide bonds. The fraction of sp³-hybridized carbons (Fsp3) is 0.667. The molecule has 4 bridgehead atoms. The molecule has 372 valence electrons. The lowest BCUT2D eigenvalue weighted by molar-refractivity contribution is -0.121. The number of hydrogen-bond donors (Lipinski definition) is 3. The lowest BCUT2D eigenvalue weighted by Crippen LogP contribution is -2.52. The Kier molecular flexibility index (Phi) is 15.6. The largest absolute Gasteiger partial charge is 0.354 e. The van der Waals surface area contributed by atoms with Crippen molar-refractivity contribution in [2.75, 3.05) is 44.2 Å². The number of piperazine rings is 2. The van der Waals surface area contributed by atoms with E-state index < -0.39 is 0 Å². The summed E-state index contributed by atoms with van der Waals surface area (Å²) in [6.45, 7) is 3.55. The smallest absolute Gasteiger partial charge is 0.294 e. The van der Waals surface area contributed by atoms with Crippen molar-refractivity contribution in [2.24, 2.45) is 0 Å². The molecule has 15 heteroatoms. The second-order valence-corrected chi connectivity index (χ2v) is 21.7. The zero-order valence-corrected chi connectivity index (χ0v) is 41.4. The molecule has 69 heavy (non-hydrogen) atoms. The highest BCUT2D eigenvalue weighted by Crippen LogP contribution is 2.46. The molecular weight excluding hydrogens is 888 g/mol. The fourth-order valence-corrected chi connectivity index (χ4v) is 14.2. The van der Waals surface area contributed by atoms with Crippen molar-refractivity contribution >= 4 is 51.3 Å². The standard InChI is InChI=1S/C27H37N5O2.C23H30ClN3O.C4H8N2O/c33-25-18-30(15-14-28-25)26-27(34)32(24-11-7-6-10-23(24)29-26)22-16-20-12-13-21(17-22)31(20)19-8-4-2-1-3-5-9-19;24-22-23(28)27(21-11-7-6-10-20(21)25-22)19-14-17-12-13-18(15-19)26(17)16-8-4-2-1-3-5-9-16;7-4-3-5-1-2-6-4/h6-7,10-11,19-22H,1-5,8-9,12-18H2,(H,28,33);6-7,10-11,16-19H,1-5,8-9,12-15H2;5H,1-3H2,(H,6,7)/t20-,21+,22?;17-,18+,19?;. The number of piperidine rings is 2.